The van der Waals surface area contributed by atoms with Crippen LogP contribution in [0, 0.1) is 0 Å². The van der Waals surface area contributed by atoms with Gasteiger partial charge in [-0.1, -0.05) is 0 Å². The molecule has 1 fully saturated rings. The second-order valence-electron chi connectivity index (χ2n) is 5.46. The first-order valence-corrected chi connectivity index (χ1v) is 8.24. The molecule has 1 aliphatic rings. The number of carbonyl (C=O) groups excluding carboxylic acids is 3. The summed E-state index contributed by atoms with van der Waals surface area (Å²) in [5, 5.41) is 10.1. The number of nitrogens with zero attached hydrogens (tertiary/aromatic N) is 1. The fraction of sp³-hybridized carbons (Fsp3) is 0.769. The van der Waals surface area contributed by atoms with Crippen LogP contribution in [0.1, 0.15) is 6.42 Å². The molecule has 1 aliphatic heterocycles. The van der Waals surface area contributed by atoms with Crippen molar-refractivity contribution in [3.8, 4) is 0 Å². The van der Waals surface area contributed by atoms with Crippen LogP contribution in [0.5, 0.6) is 0 Å². The Balaban J connectivity index is 3.20. The summed E-state index contributed by atoms with van der Waals surface area (Å²) in [7, 11) is 7.40. The van der Waals surface area contributed by atoms with Gasteiger partial charge in [-0.3, -0.25) is 9.59 Å². The molecule has 2 radical (unpaired) electrons. The fourth-order valence-corrected chi connectivity index (χ4v) is 3.02. The standard InChI is InChI=1S/C13H16BF3INO8/c1-24-7(20)3-5(11(22)25-2)19(12(23)13(15,16)17)4-6-8(21)9(27-18)10(14)26-6/h5-6,8-10,21H,3-4H2,1-2H3/t5?,6-,8?,9?,10-/m1/s1. The van der Waals surface area contributed by atoms with Crippen LogP contribution in [0.4, 0.5) is 13.2 Å². The highest BCUT2D eigenvalue weighted by Gasteiger charge is 2.50. The van der Waals surface area contributed by atoms with E-state index in [0.29, 0.717) is 0 Å². The van der Waals surface area contributed by atoms with Crippen LogP contribution in [-0.4, -0.2) is 93.0 Å². The molecule has 0 aromatic rings. The van der Waals surface area contributed by atoms with Gasteiger partial charge in [0.2, 0.25) is 0 Å². The van der Waals surface area contributed by atoms with E-state index in [4.69, 9.17) is 15.6 Å². The molecule has 0 bridgehead atoms. The second kappa shape index (κ2) is 9.88. The minimum atomic E-state index is -5.37. The summed E-state index contributed by atoms with van der Waals surface area (Å²) in [6, 6.07) is -3.13. The van der Waals surface area contributed by atoms with E-state index in [9.17, 15) is 32.7 Å². The van der Waals surface area contributed by atoms with Gasteiger partial charge in [-0.25, -0.2) is 4.79 Å². The highest BCUT2D eigenvalue weighted by Crippen LogP contribution is 2.28. The smallest absolute Gasteiger partial charge is 0.469 e. The van der Waals surface area contributed by atoms with Gasteiger partial charge in [-0.05, 0) is 0 Å². The Kier molecular flexibility index (Phi) is 8.75. The molecule has 1 N–H and O–H groups in total. The Morgan fingerprint density at radius 2 is 1.89 bits per heavy atom. The topological polar surface area (TPSA) is 112 Å². The van der Waals surface area contributed by atoms with E-state index >= 15 is 0 Å². The van der Waals surface area contributed by atoms with Crippen LogP contribution in [-0.2, 0) is 31.7 Å². The summed E-state index contributed by atoms with van der Waals surface area (Å²) >= 11 is 1.43. The molecule has 0 saturated carbocycles. The molecular weight excluding hydrogens is 493 g/mol. The summed E-state index contributed by atoms with van der Waals surface area (Å²) in [5.41, 5.74) is 0. The minimum absolute atomic E-state index is 0.0406. The largest absolute Gasteiger partial charge is 0.471 e. The first-order chi connectivity index (χ1) is 12.5. The number of hydrogen-bond acceptors (Lipinski definition) is 8. The Morgan fingerprint density at radius 3 is 2.30 bits per heavy atom. The lowest BCUT2D eigenvalue weighted by Gasteiger charge is -2.32. The molecule has 0 aliphatic carbocycles. The van der Waals surface area contributed by atoms with Crippen molar-refractivity contribution in [3.63, 3.8) is 0 Å². The maximum absolute atomic E-state index is 13.0. The van der Waals surface area contributed by atoms with E-state index in [1.54, 1.807) is 0 Å². The van der Waals surface area contributed by atoms with E-state index in [-0.39, 0.29) is 4.90 Å². The number of aliphatic hydroxyl groups excluding tert-OH is 1. The highest BCUT2D eigenvalue weighted by molar-refractivity contribution is 14.1. The normalized spacial score (nSPS) is 26.3. The van der Waals surface area contributed by atoms with Crippen LogP contribution >= 0.6 is 23.0 Å². The zero-order valence-electron chi connectivity index (χ0n) is 14.1. The number of amides is 1. The molecule has 0 spiro atoms. The maximum Gasteiger partial charge on any atom is 0.471 e. The quantitative estimate of drug-likeness (QED) is 0.277. The molecule has 9 nitrogen and oxygen atoms in total. The number of methoxy groups -OCH3 is 2. The molecule has 152 valence electrons. The van der Waals surface area contributed by atoms with E-state index in [2.05, 4.69) is 9.47 Å². The van der Waals surface area contributed by atoms with Gasteiger partial charge in [0.25, 0.3) is 0 Å². The summed E-state index contributed by atoms with van der Waals surface area (Å²) in [4.78, 5) is 35.3. The number of hydrogen-bond donors (Lipinski definition) is 1. The molecule has 0 aromatic carbocycles. The van der Waals surface area contributed by atoms with Crippen molar-refractivity contribution in [2.45, 2.75) is 43.0 Å². The van der Waals surface area contributed by atoms with Crippen molar-refractivity contribution in [1.82, 2.24) is 4.90 Å². The lowest BCUT2D eigenvalue weighted by atomic mass is 9.93. The van der Waals surface area contributed by atoms with Gasteiger partial charge in [0.15, 0.2) is 0 Å². The monoisotopic (exact) mass is 509 g/mol. The Bertz CT molecular complexity index is 566. The third kappa shape index (κ3) is 5.92. The predicted molar refractivity (Wildman–Crippen MR) is 89.5 cm³/mol. The van der Waals surface area contributed by atoms with Crippen LogP contribution in [0.3, 0.4) is 0 Å². The van der Waals surface area contributed by atoms with Gasteiger partial charge in [0.1, 0.15) is 55.2 Å². The number of esters is 2. The number of carbonyl (C=O) groups is 3. The molecule has 27 heavy (non-hydrogen) atoms. The zero-order chi connectivity index (χ0) is 20.9. The van der Waals surface area contributed by atoms with Gasteiger partial charge in [0, 0.05) is 6.00 Å². The third-order valence-electron chi connectivity index (χ3n) is 3.79. The Hall–Kier alpha value is -1.13. The van der Waals surface area contributed by atoms with Crippen LogP contribution in [0.15, 0.2) is 0 Å². The summed E-state index contributed by atoms with van der Waals surface area (Å²) in [5.74, 6) is -4.76. The van der Waals surface area contributed by atoms with E-state index in [1.807, 2.05) is 0 Å². The highest BCUT2D eigenvalue weighted by atomic mass is 127. The van der Waals surface area contributed by atoms with Gasteiger partial charge in [-0.2, -0.15) is 13.2 Å². The van der Waals surface area contributed by atoms with Crippen LogP contribution in [0.2, 0.25) is 0 Å². The molecule has 5 atom stereocenters. The summed E-state index contributed by atoms with van der Waals surface area (Å²) in [6.07, 6.45) is -10.2. The van der Waals surface area contributed by atoms with Gasteiger partial charge < -0.3 is 27.3 Å². The van der Waals surface area contributed by atoms with Gasteiger partial charge in [-0.15, -0.1) is 0 Å². The second-order valence-corrected chi connectivity index (χ2v) is 5.97. The number of ether oxygens (including phenoxy) is 3. The minimum Gasteiger partial charge on any atom is -0.469 e. The molecule has 1 rings (SSSR count). The molecule has 1 heterocycles. The predicted octanol–water partition coefficient (Wildman–Crippen LogP) is -0.528. The van der Waals surface area contributed by atoms with E-state index in [0.717, 1.165) is 14.2 Å². The first-order valence-electron chi connectivity index (χ1n) is 7.36. The maximum atomic E-state index is 13.0. The van der Waals surface area contributed by atoms with Crippen molar-refractivity contribution in [1.29, 1.82) is 0 Å². The lowest BCUT2D eigenvalue weighted by molar-refractivity contribution is -0.193. The van der Waals surface area contributed by atoms with E-state index in [1.165, 1.54) is 23.0 Å². The van der Waals surface area contributed by atoms with Crippen LogP contribution < -0.4 is 0 Å². The number of halogens is 4. The Morgan fingerprint density at radius 1 is 1.30 bits per heavy atom. The number of rotatable bonds is 7. The lowest BCUT2D eigenvalue weighted by Crippen LogP contribution is -2.55. The Labute approximate surface area is 167 Å². The molecular formula is C13H16BF3INO8. The van der Waals surface area contributed by atoms with Crippen molar-refractivity contribution in [2.24, 2.45) is 0 Å². The molecule has 1 saturated heterocycles. The first kappa shape index (κ1) is 23.9. The van der Waals surface area contributed by atoms with Crippen molar-refractivity contribution in [3.05, 3.63) is 0 Å². The fourth-order valence-electron chi connectivity index (χ4n) is 2.43. The summed E-state index contributed by atoms with van der Waals surface area (Å²) < 4.78 is 57.8. The average molecular weight is 509 g/mol. The molecule has 14 heteroatoms. The van der Waals surface area contributed by atoms with Crippen molar-refractivity contribution >= 4 is 48.7 Å². The molecule has 0 aromatic heterocycles. The molecule has 3 unspecified atom stereocenters. The van der Waals surface area contributed by atoms with Gasteiger partial charge >= 0.3 is 24.0 Å². The average Bonchev–Trinajstić information content (AvgIpc) is 2.88. The zero-order valence-corrected chi connectivity index (χ0v) is 16.3. The SMILES string of the molecule is [B][C@@H]1O[C@H](CN(C(=O)C(F)(F)F)C(CC(=O)OC)C(=O)OC)C(O)C1OI. The molecule has 1 amide bonds. The summed E-state index contributed by atoms with van der Waals surface area (Å²) in [6.45, 7) is -0.902. The van der Waals surface area contributed by atoms with Gasteiger partial charge in [0.05, 0.1) is 27.2 Å². The number of aliphatic hydroxyl groups is 1. The van der Waals surface area contributed by atoms with Crippen molar-refractivity contribution < 1.29 is 49.9 Å². The van der Waals surface area contributed by atoms with Crippen LogP contribution in [0.25, 0.3) is 0 Å². The van der Waals surface area contributed by atoms with Crippen molar-refractivity contribution in [2.75, 3.05) is 20.8 Å². The van der Waals surface area contributed by atoms with E-state index < -0.39 is 67.3 Å². The third-order valence-corrected chi connectivity index (χ3v) is 4.38. The number of alkyl halides is 3.